The van der Waals surface area contributed by atoms with Gasteiger partial charge >= 0.3 is 5.97 Å². The van der Waals surface area contributed by atoms with Crippen molar-refractivity contribution in [3.63, 3.8) is 0 Å². The molecule has 1 aliphatic carbocycles. The number of rotatable bonds is 7. The summed E-state index contributed by atoms with van der Waals surface area (Å²) in [6.07, 6.45) is 1.07. The summed E-state index contributed by atoms with van der Waals surface area (Å²) in [6.45, 7) is 9.40. The van der Waals surface area contributed by atoms with Gasteiger partial charge in [-0.15, -0.1) is 0 Å². The van der Waals surface area contributed by atoms with Gasteiger partial charge in [-0.2, -0.15) is 0 Å². The Morgan fingerprint density at radius 3 is 2.61 bits per heavy atom. The van der Waals surface area contributed by atoms with E-state index in [0.29, 0.717) is 5.36 Å². The highest BCUT2D eigenvalue weighted by Gasteiger charge is 2.14. The zero-order valence-corrected chi connectivity index (χ0v) is 18.8. The third kappa shape index (κ3) is 4.62. The van der Waals surface area contributed by atoms with E-state index in [1.54, 1.807) is 0 Å². The van der Waals surface area contributed by atoms with E-state index in [0.717, 1.165) is 58.0 Å². The van der Waals surface area contributed by atoms with Gasteiger partial charge in [0, 0.05) is 35.6 Å². The monoisotopic (exact) mass is 442 g/mol. The van der Waals surface area contributed by atoms with E-state index in [1.807, 2.05) is 36.4 Å². The van der Waals surface area contributed by atoms with Crippen molar-refractivity contribution in [3.8, 4) is 11.4 Å². The highest BCUT2D eigenvalue weighted by atomic mass is 16.5. The Morgan fingerprint density at radius 1 is 1.12 bits per heavy atom. The number of aromatic amines is 1. The standard InChI is InChI=1S/C26H26N4O3/c1-4-25(32)33-14-13-24(31)28-21-16-23-26(19-10-8-7-9-18(19)21)29-20-12-11-17(15-22(20)27-23)30(5-2)6-3/h4,7-12,15-16,27H,1,5-6,13-14H2,2-3H3/b28-21-. The molecule has 2 aromatic carbocycles. The van der Waals surface area contributed by atoms with E-state index in [4.69, 9.17) is 9.72 Å². The molecule has 1 N–H and O–H groups in total. The van der Waals surface area contributed by atoms with E-state index in [1.165, 1.54) is 0 Å². The SMILES string of the molecule is C=CC(=O)OCCC(=O)/N=c1/cc2[nH]c3cc(N(CC)CC)ccc3nc-2c2ccccc12. The van der Waals surface area contributed by atoms with Crippen LogP contribution in [0.5, 0.6) is 0 Å². The van der Waals surface area contributed by atoms with Crippen molar-refractivity contribution >= 4 is 39.4 Å². The van der Waals surface area contributed by atoms with E-state index in [9.17, 15) is 9.59 Å². The molecule has 168 valence electrons. The second-order valence-electron chi connectivity index (χ2n) is 7.58. The summed E-state index contributed by atoms with van der Waals surface area (Å²) in [5.74, 6) is -0.926. The van der Waals surface area contributed by atoms with Gasteiger partial charge in [-0.1, -0.05) is 30.8 Å². The number of fused-ring (bicyclic) bond motifs is 4. The maximum absolute atomic E-state index is 12.4. The number of carbonyl (C=O) groups is 2. The Labute approximate surface area is 191 Å². The van der Waals surface area contributed by atoms with Gasteiger partial charge < -0.3 is 14.6 Å². The lowest BCUT2D eigenvalue weighted by atomic mass is 10.0. The molecular weight excluding hydrogens is 416 g/mol. The predicted molar refractivity (Wildman–Crippen MR) is 130 cm³/mol. The molecule has 0 bridgehead atoms. The maximum atomic E-state index is 12.4. The van der Waals surface area contributed by atoms with Crippen LogP contribution in [0.15, 0.2) is 66.2 Å². The second-order valence-corrected chi connectivity index (χ2v) is 7.58. The van der Waals surface area contributed by atoms with Gasteiger partial charge in [0.05, 0.1) is 34.2 Å². The predicted octanol–water partition coefficient (Wildman–Crippen LogP) is 4.21. The van der Waals surface area contributed by atoms with Crippen molar-refractivity contribution in [1.82, 2.24) is 9.97 Å². The minimum absolute atomic E-state index is 0.00113. The summed E-state index contributed by atoms with van der Waals surface area (Å²) in [5.41, 5.74) is 4.52. The molecule has 0 saturated heterocycles. The number of hydrogen-bond acceptors (Lipinski definition) is 5. The molecular formula is C26H26N4O3. The number of carbonyl (C=O) groups excluding carboxylic acids is 2. The molecule has 7 heteroatoms. The van der Waals surface area contributed by atoms with Gasteiger partial charge in [0.1, 0.15) is 6.61 Å². The van der Waals surface area contributed by atoms with Crippen LogP contribution in [-0.4, -0.2) is 41.5 Å². The van der Waals surface area contributed by atoms with Crippen molar-refractivity contribution in [2.24, 2.45) is 4.99 Å². The summed E-state index contributed by atoms with van der Waals surface area (Å²) in [6, 6.07) is 15.8. The van der Waals surface area contributed by atoms with Crippen molar-refractivity contribution in [2.45, 2.75) is 20.3 Å². The lowest BCUT2D eigenvalue weighted by molar-refractivity contribution is -0.138. The van der Waals surface area contributed by atoms with Crippen LogP contribution >= 0.6 is 0 Å². The first-order chi connectivity index (χ1) is 16.0. The van der Waals surface area contributed by atoms with Gasteiger partial charge in [-0.25, -0.2) is 14.8 Å². The number of esters is 1. The molecule has 1 aliphatic heterocycles. The van der Waals surface area contributed by atoms with Crippen LogP contribution in [0.3, 0.4) is 0 Å². The van der Waals surface area contributed by atoms with Crippen molar-refractivity contribution in [3.05, 3.63) is 66.5 Å². The Bertz CT molecular complexity index is 1390. The summed E-state index contributed by atoms with van der Waals surface area (Å²) in [4.78, 5) is 38.6. The molecule has 1 amide bonds. The number of aromatic nitrogens is 2. The summed E-state index contributed by atoms with van der Waals surface area (Å²) in [5, 5.41) is 2.29. The van der Waals surface area contributed by atoms with E-state index >= 15 is 0 Å². The molecule has 2 aliphatic rings. The molecule has 0 aromatic heterocycles. The number of ether oxygens (including phenoxy) is 1. The Morgan fingerprint density at radius 2 is 1.88 bits per heavy atom. The van der Waals surface area contributed by atoms with Crippen LogP contribution in [-0.2, 0) is 14.3 Å². The third-order valence-corrected chi connectivity index (χ3v) is 5.58. The number of H-pyrrole nitrogens is 1. The first-order valence-corrected chi connectivity index (χ1v) is 11.0. The quantitative estimate of drug-likeness (QED) is 0.200. The molecule has 0 spiro atoms. The van der Waals surface area contributed by atoms with Crippen LogP contribution in [0, 0.1) is 0 Å². The van der Waals surface area contributed by atoms with Crippen molar-refractivity contribution in [1.29, 1.82) is 0 Å². The maximum Gasteiger partial charge on any atom is 0.330 e. The number of nitrogens with zero attached hydrogens (tertiary/aromatic N) is 3. The van der Waals surface area contributed by atoms with E-state index in [2.05, 4.69) is 47.4 Å². The zero-order chi connectivity index (χ0) is 23.4. The molecule has 0 radical (unpaired) electrons. The summed E-state index contributed by atoms with van der Waals surface area (Å²) < 4.78 is 4.90. The van der Waals surface area contributed by atoms with Crippen LogP contribution in [0.2, 0.25) is 0 Å². The van der Waals surface area contributed by atoms with Crippen molar-refractivity contribution in [2.75, 3.05) is 24.6 Å². The molecule has 0 saturated carbocycles. The van der Waals surface area contributed by atoms with Gasteiger partial charge in [-0.05, 0) is 38.1 Å². The smallest absolute Gasteiger partial charge is 0.330 e. The van der Waals surface area contributed by atoms with E-state index in [-0.39, 0.29) is 18.9 Å². The highest BCUT2D eigenvalue weighted by Crippen LogP contribution is 2.29. The lowest BCUT2D eigenvalue weighted by Crippen LogP contribution is -2.21. The highest BCUT2D eigenvalue weighted by molar-refractivity contribution is 5.98. The Kier molecular flexibility index (Phi) is 6.49. The second kappa shape index (κ2) is 9.65. The van der Waals surface area contributed by atoms with Gasteiger partial charge in [0.2, 0.25) is 5.91 Å². The minimum Gasteiger partial charge on any atom is -0.462 e. The van der Waals surface area contributed by atoms with Gasteiger partial charge in [0.25, 0.3) is 0 Å². The number of nitrogens with one attached hydrogen (secondary N) is 1. The van der Waals surface area contributed by atoms with E-state index < -0.39 is 5.97 Å². The number of anilines is 1. The molecule has 0 atom stereocenters. The first-order valence-electron chi connectivity index (χ1n) is 11.0. The van der Waals surface area contributed by atoms with Gasteiger partial charge in [0.15, 0.2) is 0 Å². The molecule has 7 nitrogen and oxygen atoms in total. The number of benzene rings is 3. The van der Waals surface area contributed by atoms with Crippen LogP contribution < -0.4 is 10.3 Å². The molecule has 4 rings (SSSR count). The Balaban J connectivity index is 1.82. The molecule has 0 unspecified atom stereocenters. The fourth-order valence-electron chi connectivity index (χ4n) is 3.91. The van der Waals surface area contributed by atoms with Crippen LogP contribution in [0.1, 0.15) is 20.3 Å². The lowest BCUT2D eigenvalue weighted by Gasteiger charge is -2.21. The molecule has 0 fully saturated rings. The fourth-order valence-corrected chi connectivity index (χ4v) is 3.91. The summed E-state index contributed by atoms with van der Waals surface area (Å²) >= 11 is 0. The fraction of sp³-hybridized carbons (Fsp3) is 0.231. The molecule has 33 heavy (non-hydrogen) atoms. The first kappa shape index (κ1) is 22.2. The number of amides is 1. The van der Waals surface area contributed by atoms with Crippen LogP contribution in [0.25, 0.3) is 33.2 Å². The van der Waals surface area contributed by atoms with Gasteiger partial charge in [-0.3, -0.25) is 4.79 Å². The molecule has 1 heterocycles. The average molecular weight is 443 g/mol. The zero-order valence-electron chi connectivity index (χ0n) is 18.8. The Hall–Kier alpha value is -4.00. The average Bonchev–Trinajstić information content (AvgIpc) is 2.83. The minimum atomic E-state index is -0.560. The van der Waals surface area contributed by atoms with Crippen LogP contribution in [0.4, 0.5) is 5.69 Å². The third-order valence-electron chi connectivity index (χ3n) is 5.58. The number of hydrogen-bond donors (Lipinski definition) is 1. The van der Waals surface area contributed by atoms with Crippen molar-refractivity contribution < 1.29 is 14.3 Å². The largest absolute Gasteiger partial charge is 0.462 e. The summed E-state index contributed by atoms with van der Waals surface area (Å²) in [7, 11) is 0. The topological polar surface area (TPSA) is 87.7 Å². The normalized spacial score (nSPS) is 11.8. The molecule has 2 aromatic rings.